The molecule has 1 amide bonds. The minimum Gasteiger partial charge on any atom is -0.497 e. The number of benzene rings is 2. The molecular weight excluding hydrogens is 556 g/mol. The smallest absolute Gasteiger partial charge is 0.338 e. The van der Waals surface area contributed by atoms with Gasteiger partial charge >= 0.3 is 5.97 Å². The van der Waals surface area contributed by atoms with Crippen molar-refractivity contribution in [3.05, 3.63) is 85.1 Å². The number of hydrazone groups is 1. The predicted molar refractivity (Wildman–Crippen MR) is 161 cm³/mol. The number of fused-ring (bicyclic) bond motifs is 1. The van der Waals surface area contributed by atoms with Gasteiger partial charge < -0.3 is 14.2 Å². The zero-order valence-electron chi connectivity index (χ0n) is 24.1. The van der Waals surface area contributed by atoms with Crippen LogP contribution in [-0.4, -0.2) is 43.0 Å². The first-order valence-electron chi connectivity index (χ1n) is 13.7. The van der Waals surface area contributed by atoms with Crippen LogP contribution in [0, 0.1) is 5.92 Å². The molecule has 0 N–H and O–H groups in total. The Morgan fingerprint density at radius 1 is 1.07 bits per heavy atom. The van der Waals surface area contributed by atoms with Gasteiger partial charge in [-0.3, -0.25) is 14.2 Å². The number of ether oxygens (including phenoxy) is 3. The van der Waals surface area contributed by atoms with Crippen molar-refractivity contribution >= 4 is 40.7 Å². The zero-order chi connectivity index (χ0) is 30.0. The third-order valence-electron chi connectivity index (χ3n) is 7.13. The molecule has 2 aromatic carbocycles. The predicted octanol–water partition coefficient (Wildman–Crippen LogP) is 3.59. The minimum absolute atomic E-state index is 0.161. The number of hydrogen-bond acceptors (Lipinski definition) is 9. The van der Waals surface area contributed by atoms with E-state index in [1.54, 1.807) is 57.4 Å². The molecule has 0 radical (unpaired) electrons. The molecule has 0 saturated heterocycles. The molecule has 3 heterocycles. The Balaban J connectivity index is 1.72. The van der Waals surface area contributed by atoms with Gasteiger partial charge in [-0.2, -0.15) is 10.1 Å². The molecule has 2 aliphatic rings. The van der Waals surface area contributed by atoms with E-state index in [2.05, 4.69) is 5.10 Å². The van der Waals surface area contributed by atoms with E-state index in [0.717, 1.165) is 6.42 Å². The first-order valence-corrected chi connectivity index (χ1v) is 14.5. The van der Waals surface area contributed by atoms with E-state index < -0.39 is 17.9 Å². The average molecular weight is 589 g/mol. The third kappa shape index (κ3) is 5.16. The average Bonchev–Trinajstić information content (AvgIpc) is 3.46. The second-order valence-electron chi connectivity index (χ2n) is 9.75. The number of thiazole rings is 1. The molecule has 5 rings (SSSR count). The van der Waals surface area contributed by atoms with Crippen molar-refractivity contribution in [2.45, 2.75) is 39.7 Å². The van der Waals surface area contributed by atoms with E-state index in [1.165, 1.54) is 28.0 Å². The molecule has 218 valence electrons. The molecule has 2 aliphatic heterocycles. The standard InChI is InChI=1S/C31H32N4O6S/c1-6-11-23-26(30(38)41-7-2)27(22-16-20(39-4)14-15-24(22)40-5)34-29(37)25(42-31(34)32-23)17-21-18(3)33-35(28(21)36)19-12-9-8-10-13-19/h8-10,12-17,21,27H,6-7,11H2,1-5H3/b25-17-/t21-,27-/m1/s1. The number of hydrogen-bond donors (Lipinski definition) is 0. The van der Waals surface area contributed by atoms with Crippen LogP contribution >= 0.6 is 11.3 Å². The van der Waals surface area contributed by atoms with Crippen molar-refractivity contribution in [1.82, 2.24) is 4.57 Å². The summed E-state index contributed by atoms with van der Waals surface area (Å²) >= 11 is 1.17. The highest BCUT2D eigenvalue weighted by Gasteiger charge is 2.37. The Morgan fingerprint density at radius 3 is 2.50 bits per heavy atom. The van der Waals surface area contributed by atoms with Crippen LogP contribution in [0.2, 0.25) is 0 Å². The second-order valence-corrected chi connectivity index (χ2v) is 10.8. The van der Waals surface area contributed by atoms with Crippen LogP contribution in [0.25, 0.3) is 6.08 Å². The topological polar surface area (TPSA) is 112 Å². The maximum absolute atomic E-state index is 14.2. The summed E-state index contributed by atoms with van der Waals surface area (Å²) in [5.74, 6) is -0.524. The van der Waals surface area contributed by atoms with Crippen molar-refractivity contribution < 1.29 is 23.8 Å². The number of rotatable bonds is 9. The van der Waals surface area contributed by atoms with E-state index >= 15 is 0 Å². The number of allylic oxidation sites excluding steroid dienone is 1. The van der Waals surface area contributed by atoms with Crippen molar-refractivity contribution in [1.29, 1.82) is 0 Å². The molecule has 0 unspecified atom stereocenters. The number of anilines is 1. The Bertz CT molecular complexity index is 1770. The van der Waals surface area contributed by atoms with Gasteiger partial charge in [0.1, 0.15) is 23.5 Å². The molecule has 0 saturated carbocycles. The van der Waals surface area contributed by atoms with Crippen LogP contribution in [0.15, 0.2) is 74.7 Å². The lowest BCUT2D eigenvalue weighted by atomic mass is 9.93. The molecule has 0 spiro atoms. The van der Waals surface area contributed by atoms with E-state index in [1.807, 2.05) is 25.1 Å². The van der Waals surface area contributed by atoms with E-state index in [0.29, 0.717) is 49.9 Å². The van der Waals surface area contributed by atoms with Gasteiger partial charge in [-0.1, -0.05) is 42.9 Å². The number of nitrogens with zero attached hydrogens (tertiary/aromatic N) is 4. The highest BCUT2D eigenvalue weighted by Crippen LogP contribution is 2.38. The van der Waals surface area contributed by atoms with E-state index in [-0.39, 0.29) is 23.6 Å². The number of esters is 1. The fourth-order valence-corrected chi connectivity index (χ4v) is 6.19. The van der Waals surface area contributed by atoms with Crippen LogP contribution in [0.1, 0.15) is 45.2 Å². The number of methoxy groups -OCH3 is 2. The van der Waals surface area contributed by atoms with Crippen molar-refractivity contribution in [3.63, 3.8) is 0 Å². The van der Waals surface area contributed by atoms with E-state index in [4.69, 9.17) is 19.2 Å². The summed E-state index contributed by atoms with van der Waals surface area (Å²) in [5.41, 5.74) is 2.20. The summed E-state index contributed by atoms with van der Waals surface area (Å²) in [6, 6.07) is 13.5. The molecule has 42 heavy (non-hydrogen) atoms. The zero-order valence-corrected chi connectivity index (χ0v) is 24.9. The van der Waals surface area contributed by atoms with Gasteiger partial charge in [-0.25, -0.2) is 9.79 Å². The molecule has 0 bridgehead atoms. The lowest BCUT2D eigenvalue weighted by molar-refractivity contribution is -0.139. The summed E-state index contributed by atoms with van der Waals surface area (Å²) in [4.78, 5) is 46.3. The number of amides is 1. The van der Waals surface area contributed by atoms with Crippen LogP contribution in [0.4, 0.5) is 5.69 Å². The van der Waals surface area contributed by atoms with Gasteiger partial charge in [-0.05, 0) is 56.7 Å². The van der Waals surface area contributed by atoms with Crippen LogP contribution in [0.5, 0.6) is 11.5 Å². The van der Waals surface area contributed by atoms with Crippen molar-refractivity contribution in [2.75, 3.05) is 25.8 Å². The van der Waals surface area contributed by atoms with Gasteiger partial charge in [0.05, 0.1) is 48.0 Å². The molecule has 11 heteroatoms. The van der Waals surface area contributed by atoms with Crippen molar-refractivity contribution in [2.24, 2.45) is 16.0 Å². The molecule has 0 fully saturated rings. The normalized spacial score (nSPS) is 18.5. The lowest BCUT2D eigenvalue weighted by Crippen LogP contribution is -2.40. The van der Waals surface area contributed by atoms with E-state index in [9.17, 15) is 14.4 Å². The van der Waals surface area contributed by atoms with Crippen LogP contribution in [-0.2, 0) is 14.3 Å². The Labute approximate surface area is 246 Å². The monoisotopic (exact) mass is 588 g/mol. The SMILES string of the molecule is CCCC1=C(C(=O)OCC)[C@@H](c2cc(OC)ccc2OC)n2c(s/c(=C\[C@H]3C(=O)N(c4ccccc4)N=C3C)c2=O)=N1. The third-order valence-corrected chi connectivity index (χ3v) is 8.13. The molecular formula is C31H32N4O6S. The molecule has 3 aromatic rings. The number of carbonyl (C=O) groups is 2. The van der Waals surface area contributed by atoms with Gasteiger partial charge in [0.25, 0.3) is 11.5 Å². The highest BCUT2D eigenvalue weighted by molar-refractivity contribution is 7.07. The molecule has 0 aliphatic carbocycles. The molecule has 2 atom stereocenters. The quantitative estimate of drug-likeness (QED) is 0.353. The Kier molecular flexibility index (Phi) is 8.39. The summed E-state index contributed by atoms with van der Waals surface area (Å²) in [6.07, 6.45) is 2.86. The highest BCUT2D eigenvalue weighted by atomic mass is 32.1. The van der Waals surface area contributed by atoms with Crippen molar-refractivity contribution in [3.8, 4) is 11.5 Å². The Morgan fingerprint density at radius 2 is 1.83 bits per heavy atom. The molecule has 1 aromatic heterocycles. The minimum atomic E-state index is -0.885. The fraction of sp³-hybridized carbons (Fsp3) is 0.323. The number of aromatic nitrogens is 1. The summed E-state index contributed by atoms with van der Waals surface area (Å²) < 4.78 is 18.5. The van der Waals surface area contributed by atoms with Crippen LogP contribution < -0.4 is 29.4 Å². The van der Waals surface area contributed by atoms with Crippen LogP contribution in [0.3, 0.4) is 0 Å². The van der Waals surface area contributed by atoms with Gasteiger partial charge in [-0.15, -0.1) is 0 Å². The first kappa shape index (κ1) is 29.0. The largest absolute Gasteiger partial charge is 0.497 e. The second kappa shape index (κ2) is 12.2. The van der Waals surface area contributed by atoms with Gasteiger partial charge in [0, 0.05) is 5.56 Å². The molecule has 10 nitrogen and oxygen atoms in total. The first-order chi connectivity index (χ1) is 20.3. The Hall–Kier alpha value is -4.51. The maximum Gasteiger partial charge on any atom is 0.338 e. The van der Waals surface area contributed by atoms with Gasteiger partial charge in [0.15, 0.2) is 4.80 Å². The lowest BCUT2D eigenvalue weighted by Gasteiger charge is -2.27. The maximum atomic E-state index is 14.2. The summed E-state index contributed by atoms with van der Waals surface area (Å²) in [6.45, 7) is 5.65. The fourth-order valence-electron chi connectivity index (χ4n) is 5.16. The number of carbonyl (C=O) groups excluding carboxylic acids is 2. The summed E-state index contributed by atoms with van der Waals surface area (Å²) in [7, 11) is 3.07. The van der Waals surface area contributed by atoms with Gasteiger partial charge in [0.2, 0.25) is 0 Å². The summed E-state index contributed by atoms with van der Waals surface area (Å²) in [5, 5.41) is 5.82. The number of para-hydroxylation sites is 1.